The molecule has 1 saturated carbocycles. The van der Waals surface area contributed by atoms with Crippen LogP contribution in [0, 0.1) is 11.3 Å². The van der Waals surface area contributed by atoms with E-state index in [1.807, 2.05) is 13.8 Å². The second kappa shape index (κ2) is 2.98. The Morgan fingerprint density at radius 3 is 2.92 bits per heavy atom. The van der Waals surface area contributed by atoms with Gasteiger partial charge in [-0.15, -0.1) is 0 Å². The van der Waals surface area contributed by atoms with Gasteiger partial charge in [0.25, 0.3) is 0 Å². The summed E-state index contributed by atoms with van der Waals surface area (Å²) in [5.41, 5.74) is 0.346. The van der Waals surface area contributed by atoms with Gasteiger partial charge in [-0.1, -0.05) is 0 Å². The van der Waals surface area contributed by atoms with Crippen LogP contribution in [0.1, 0.15) is 26.7 Å². The van der Waals surface area contributed by atoms with Gasteiger partial charge in [-0.05, 0) is 38.6 Å². The molecule has 2 unspecified atom stereocenters. The van der Waals surface area contributed by atoms with Crippen LogP contribution in [-0.4, -0.2) is 25.0 Å². The fourth-order valence-electron chi connectivity index (χ4n) is 2.34. The summed E-state index contributed by atoms with van der Waals surface area (Å²) in [6.45, 7) is 6.16. The highest BCUT2D eigenvalue weighted by molar-refractivity contribution is 5.82. The summed E-state index contributed by atoms with van der Waals surface area (Å²) in [4.78, 5) is 11.6. The van der Waals surface area contributed by atoms with Crippen molar-refractivity contribution in [2.24, 2.45) is 11.3 Å². The second-order valence-corrected chi connectivity index (χ2v) is 4.71. The molecule has 0 radical (unpaired) electrons. The molecule has 1 aliphatic carbocycles. The Morgan fingerprint density at radius 2 is 2.38 bits per heavy atom. The maximum atomic E-state index is 11.6. The third-order valence-electron chi connectivity index (χ3n) is 3.21. The fourth-order valence-corrected chi connectivity index (χ4v) is 2.34. The van der Waals surface area contributed by atoms with E-state index in [1.165, 1.54) is 6.42 Å². The van der Waals surface area contributed by atoms with Gasteiger partial charge in [0.1, 0.15) is 0 Å². The standard InChI is InChI=1S/C10H18N2O/c1-7(2)12-9(13)8-5-10(8)3-4-11-6-10/h7-8,11H,3-6H2,1-2H3,(H,12,13). The van der Waals surface area contributed by atoms with Gasteiger partial charge in [-0.3, -0.25) is 4.79 Å². The van der Waals surface area contributed by atoms with E-state index in [4.69, 9.17) is 0 Å². The summed E-state index contributed by atoms with van der Waals surface area (Å²) in [5.74, 6) is 0.559. The fraction of sp³-hybridized carbons (Fsp3) is 0.900. The molecular weight excluding hydrogens is 164 g/mol. The number of rotatable bonds is 2. The maximum absolute atomic E-state index is 11.6. The quantitative estimate of drug-likeness (QED) is 0.653. The Morgan fingerprint density at radius 1 is 1.62 bits per heavy atom. The summed E-state index contributed by atoms with van der Waals surface area (Å²) >= 11 is 0. The smallest absolute Gasteiger partial charge is 0.223 e. The first-order chi connectivity index (χ1) is 6.14. The Labute approximate surface area is 79.3 Å². The molecular formula is C10H18N2O. The first-order valence-corrected chi connectivity index (χ1v) is 5.15. The molecule has 2 fully saturated rings. The third kappa shape index (κ3) is 1.57. The zero-order chi connectivity index (χ0) is 9.47. The number of hydrogen-bond donors (Lipinski definition) is 2. The number of nitrogens with one attached hydrogen (secondary N) is 2. The molecule has 1 heterocycles. The highest BCUT2D eigenvalue weighted by atomic mass is 16.2. The van der Waals surface area contributed by atoms with Crippen LogP contribution in [0.2, 0.25) is 0 Å². The zero-order valence-electron chi connectivity index (χ0n) is 8.39. The first kappa shape index (κ1) is 9.00. The van der Waals surface area contributed by atoms with Crippen LogP contribution in [0.25, 0.3) is 0 Å². The molecule has 13 heavy (non-hydrogen) atoms. The normalized spacial score (nSPS) is 37.0. The molecule has 2 aliphatic rings. The number of carbonyl (C=O) groups is 1. The van der Waals surface area contributed by atoms with Gasteiger partial charge in [0.05, 0.1) is 0 Å². The average molecular weight is 182 g/mol. The van der Waals surface area contributed by atoms with E-state index < -0.39 is 0 Å². The van der Waals surface area contributed by atoms with Crippen LogP contribution >= 0.6 is 0 Å². The van der Waals surface area contributed by atoms with Gasteiger partial charge in [0.2, 0.25) is 5.91 Å². The van der Waals surface area contributed by atoms with Crippen molar-refractivity contribution in [3.8, 4) is 0 Å². The molecule has 2 N–H and O–H groups in total. The minimum Gasteiger partial charge on any atom is -0.354 e. The second-order valence-electron chi connectivity index (χ2n) is 4.71. The number of hydrogen-bond acceptors (Lipinski definition) is 2. The Bertz CT molecular complexity index is 219. The molecule has 2 rings (SSSR count). The van der Waals surface area contributed by atoms with Crippen LogP contribution in [0.3, 0.4) is 0 Å². The van der Waals surface area contributed by atoms with Crippen molar-refractivity contribution in [3.05, 3.63) is 0 Å². The van der Waals surface area contributed by atoms with Crippen molar-refractivity contribution in [1.82, 2.24) is 10.6 Å². The minimum atomic E-state index is 0.263. The Hall–Kier alpha value is -0.570. The SMILES string of the molecule is CC(C)NC(=O)C1CC12CCNC2. The lowest BCUT2D eigenvalue weighted by Crippen LogP contribution is -2.33. The number of carbonyl (C=O) groups excluding carboxylic acids is 1. The van der Waals surface area contributed by atoms with E-state index in [2.05, 4.69) is 10.6 Å². The van der Waals surface area contributed by atoms with E-state index in [0.717, 1.165) is 19.5 Å². The van der Waals surface area contributed by atoms with Crippen LogP contribution in [0.15, 0.2) is 0 Å². The highest BCUT2D eigenvalue weighted by Crippen LogP contribution is 2.56. The molecule has 1 aliphatic heterocycles. The van der Waals surface area contributed by atoms with Crippen molar-refractivity contribution in [1.29, 1.82) is 0 Å². The molecule has 2 atom stereocenters. The molecule has 0 aromatic heterocycles. The summed E-state index contributed by atoms with van der Waals surface area (Å²) in [5, 5.41) is 6.32. The monoisotopic (exact) mass is 182 g/mol. The number of amides is 1. The van der Waals surface area contributed by atoms with Gasteiger partial charge < -0.3 is 10.6 Å². The van der Waals surface area contributed by atoms with Crippen molar-refractivity contribution in [3.63, 3.8) is 0 Å². The topological polar surface area (TPSA) is 41.1 Å². The summed E-state index contributed by atoms with van der Waals surface area (Å²) in [6.07, 6.45) is 2.28. The van der Waals surface area contributed by atoms with Crippen LogP contribution in [-0.2, 0) is 4.79 Å². The molecule has 3 heteroatoms. The van der Waals surface area contributed by atoms with Crippen LogP contribution in [0.4, 0.5) is 0 Å². The molecule has 3 nitrogen and oxygen atoms in total. The first-order valence-electron chi connectivity index (χ1n) is 5.15. The van der Waals surface area contributed by atoms with Crippen molar-refractivity contribution >= 4 is 5.91 Å². The van der Waals surface area contributed by atoms with E-state index in [-0.39, 0.29) is 11.9 Å². The van der Waals surface area contributed by atoms with Crippen molar-refractivity contribution in [2.75, 3.05) is 13.1 Å². The molecule has 0 aromatic carbocycles. The van der Waals surface area contributed by atoms with Gasteiger partial charge in [-0.2, -0.15) is 0 Å². The summed E-state index contributed by atoms with van der Waals surface area (Å²) in [7, 11) is 0. The Balaban J connectivity index is 1.87. The predicted molar refractivity (Wildman–Crippen MR) is 51.3 cm³/mol. The minimum absolute atomic E-state index is 0.263. The molecule has 1 spiro atoms. The van der Waals surface area contributed by atoms with Crippen molar-refractivity contribution < 1.29 is 4.79 Å². The van der Waals surface area contributed by atoms with Crippen molar-refractivity contribution in [2.45, 2.75) is 32.7 Å². The summed E-state index contributed by atoms with van der Waals surface area (Å²) < 4.78 is 0. The van der Waals surface area contributed by atoms with Gasteiger partial charge in [-0.25, -0.2) is 0 Å². The Kier molecular flexibility index (Phi) is 2.06. The zero-order valence-corrected chi connectivity index (χ0v) is 8.39. The predicted octanol–water partition coefficient (Wildman–Crippen LogP) is 0.511. The van der Waals surface area contributed by atoms with Crippen LogP contribution in [0.5, 0.6) is 0 Å². The molecule has 1 saturated heterocycles. The third-order valence-corrected chi connectivity index (χ3v) is 3.21. The van der Waals surface area contributed by atoms with E-state index >= 15 is 0 Å². The molecule has 0 aromatic rings. The van der Waals surface area contributed by atoms with Gasteiger partial charge >= 0.3 is 0 Å². The van der Waals surface area contributed by atoms with Gasteiger partial charge in [0, 0.05) is 18.5 Å². The largest absolute Gasteiger partial charge is 0.354 e. The van der Waals surface area contributed by atoms with E-state index in [1.54, 1.807) is 0 Å². The van der Waals surface area contributed by atoms with E-state index in [0.29, 0.717) is 11.3 Å². The summed E-state index contributed by atoms with van der Waals surface area (Å²) in [6, 6.07) is 0.277. The lowest BCUT2D eigenvalue weighted by Gasteiger charge is -2.10. The highest BCUT2D eigenvalue weighted by Gasteiger charge is 2.58. The molecule has 0 bridgehead atoms. The van der Waals surface area contributed by atoms with E-state index in [9.17, 15) is 4.79 Å². The lowest BCUT2D eigenvalue weighted by atomic mass is 10.0. The van der Waals surface area contributed by atoms with Crippen LogP contribution < -0.4 is 10.6 Å². The lowest BCUT2D eigenvalue weighted by molar-refractivity contribution is -0.123. The molecule has 1 amide bonds. The average Bonchev–Trinajstić information content (AvgIpc) is 2.49. The van der Waals surface area contributed by atoms with Gasteiger partial charge in [0.15, 0.2) is 0 Å². The maximum Gasteiger partial charge on any atom is 0.223 e. The molecule has 74 valence electrons.